The Morgan fingerprint density at radius 2 is 2.11 bits per heavy atom. The van der Waals surface area contributed by atoms with Gasteiger partial charge in [0.05, 0.1) is 25.1 Å². The third-order valence-corrected chi connectivity index (χ3v) is 12.7. The maximum Gasteiger partial charge on any atom is 0.246 e. The van der Waals surface area contributed by atoms with Crippen molar-refractivity contribution in [2.45, 2.75) is 101 Å². The SMILES string of the molecule is CC=CC1(O)C2(C)CCC(C2)P1(=O)OC(C)(CC)CC1OC(n2cnc3c(OC)nc(N)nc32)C(O)C1O. The quantitative estimate of drug-likeness (QED) is 0.280. The number of imidazole rings is 1. The fraction of sp³-hybridized carbons (Fsp3) is 0.720. The van der Waals surface area contributed by atoms with E-state index in [2.05, 4.69) is 15.0 Å². The van der Waals surface area contributed by atoms with E-state index in [1.807, 2.05) is 20.8 Å². The van der Waals surface area contributed by atoms with E-state index in [1.54, 1.807) is 19.1 Å². The maximum absolute atomic E-state index is 14.5. The fourth-order valence-corrected chi connectivity index (χ4v) is 10.7. The average Bonchev–Trinajstić information content (AvgIpc) is 3.58. The summed E-state index contributed by atoms with van der Waals surface area (Å²) in [7, 11) is -2.13. The number of allylic oxidation sites excluding steroid dienone is 1. The molecule has 13 heteroatoms. The van der Waals surface area contributed by atoms with Gasteiger partial charge in [-0.25, -0.2) is 4.98 Å². The molecule has 9 unspecified atom stereocenters. The molecule has 0 aromatic carbocycles. The molecule has 3 aliphatic rings. The smallest absolute Gasteiger partial charge is 0.246 e. The van der Waals surface area contributed by atoms with Crippen molar-refractivity contribution in [2.24, 2.45) is 5.41 Å². The van der Waals surface area contributed by atoms with E-state index in [9.17, 15) is 19.9 Å². The van der Waals surface area contributed by atoms with Gasteiger partial charge in [-0.2, -0.15) is 9.97 Å². The predicted octanol–water partition coefficient (Wildman–Crippen LogP) is 2.73. The molecule has 9 atom stereocenters. The van der Waals surface area contributed by atoms with Crippen molar-refractivity contribution in [1.29, 1.82) is 0 Å². The average molecular weight is 552 g/mol. The molecule has 12 nitrogen and oxygen atoms in total. The van der Waals surface area contributed by atoms with E-state index >= 15 is 0 Å². The molecule has 2 saturated heterocycles. The summed E-state index contributed by atoms with van der Waals surface area (Å²) in [6.45, 7) is 7.50. The Balaban J connectivity index is 1.42. The monoisotopic (exact) mass is 551 g/mol. The number of fused-ring (bicyclic) bond motifs is 3. The van der Waals surface area contributed by atoms with E-state index in [4.69, 9.17) is 19.7 Å². The molecular formula is C25H38N5O7P. The summed E-state index contributed by atoms with van der Waals surface area (Å²) in [5, 5.41) is 32.2. The van der Waals surface area contributed by atoms with Crippen LogP contribution in [0.25, 0.3) is 11.2 Å². The van der Waals surface area contributed by atoms with Gasteiger partial charge in [0.25, 0.3) is 0 Å². The zero-order valence-corrected chi connectivity index (χ0v) is 23.3. The van der Waals surface area contributed by atoms with Gasteiger partial charge in [-0.05, 0) is 45.6 Å². The Morgan fingerprint density at radius 3 is 2.76 bits per heavy atom. The summed E-state index contributed by atoms with van der Waals surface area (Å²) >= 11 is 0. The Morgan fingerprint density at radius 1 is 1.37 bits per heavy atom. The van der Waals surface area contributed by atoms with Gasteiger partial charge in [0, 0.05) is 17.5 Å². The van der Waals surface area contributed by atoms with Gasteiger partial charge < -0.3 is 35.1 Å². The number of hydrogen-bond donors (Lipinski definition) is 4. The number of ether oxygens (including phenoxy) is 2. The van der Waals surface area contributed by atoms with Crippen molar-refractivity contribution in [3.05, 3.63) is 18.5 Å². The van der Waals surface area contributed by atoms with Crippen molar-refractivity contribution in [3.8, 4) is 5.88 Å². The fourth-order valence-electron chi connectivity index (χ4n) is 6.53. The third kappa shape index (κ3) is 3.83. The molecule has 0 spiro atoms. The van der Waals surface area contributed by atoms with Crippen LogP contribution in [0.15, 0.2) is 18.5 Å². The number of aliphatic hydroxyl groups excluding tert-OH is 2. The second-order valence-electron chi connectivity index (χ2n) is 11.3. The first kappa shape index (κ1) is 27.5. The van der Waals surface area contributed by atoms with Gasteiger partial charge >= 0.3 is 0 Å². The third-order valence-electron chi connectivity index (χ3n) is 8.91. The Labute approximate surface area is 221 Å². The van der Waals surface area contributed by atoms with Crippen molar-refractivity contribution in [3.63, 3.8) is 0 Å². The lowest BCUT2D eigenvalue weighted by Gasteiger charge is -2.46. The standard InChI is InChI=1S/C25H38N5O7P/c1-6-9-25(33)23(3)10-8-14(11-23)38(25,34)37-24(4,7-2)12-15-17(31)18(32)21(36-15)30-13-27-16-19(30)28-22(26)29-20(16)35-5/h6,9,13-15,17-18,21,31-33H,7-8,10-12H2,1-5H3,(H2,26,28,29). The second kappa shape index (κ2) is 9.25. The van der Waals surface area contributed by atoms with Crippen LogP contribution in [0.4, 0.5) is 5.95 Å². The minimum Gasteiger partial charge on any atom is -0.479 e. The molecule has 1 aliphatic carbocycles. The van der Waals surface area contributed by atoms with E-state index in [0.29, 0.717) is 18.4 Å². The Hall–Kier alpha value is -2.08. The highest BCUT2D eigenvalue weighted by atomic mass is 31.2. The largest absolute Gasteiger partial charge is 0.479 e. The van der Waals surface area contributed by atoms with Crippen molar-refractivity contribution < 1.29 is 33.9 Å². The molecule has 2 aromatic heterocycles. The van der Waals surface area contributed by atoms with Crippen molar-refractivity contribution in [1.82, 2.24) is 19.5 Å². The molecule has 1 saturated carbocycles. The number of rotatable bonds is 8. The van der Waals surface area contributed by atoms with E-state index in [-0.39, 0.29) is 29.6 Å². The van der Waals surface area contributed by atoms with E-state index < -0.39 is 48.3 Å². The molecule has 3 fully saturated rings. The zero-order chi connectivity index (χ0) is 27.7. The van der Waals surface area contributed by atoms with Crippen LogP contribution in [0.3, 0.4) is 0 Å². The van der Waals surface area contributed by atoms with Crippen LogP contribution < -0.4 is 10.5 Å². The highest BCUT2D eigenvalue weighted by molar-refractivity contribution is 7.62. The van der Waals surface area contributed by atoms with E-state index in [1.165, 1.54) is 18.0 Å². The summed E-state index contributed by atoms with van der Waals surface area (Å²) in [5.41, 5.74) is 4.69. The first-order valence-electron chi connectivity index (χ1n) is 13.1. The van der Waals surface area contributed by atoms with Gasteiger partial charge in [-0.15, -0.1) is 0 Å². The van der Waals surface area contributed by atoms with Crippen LogP contribution in [0.5, 0.6) is 5.88 Å². The number of anilines is 1. The van der Waals surface area contributed by atoms with Gasteiger partial charge in [0.15, 0.2) is 22.7 Å². The molecule has 5 N–H and O–H groups in total. The van der Waals surface area contributed by atoms with Crippen molar-refractivity contribution >= 4 is 24.5 Å². The minimum absolute atomic E-state index is 0.0365. The Kier molecular flexibility index (Phi) is 6.69. The molecule has 210 valence electrons. The lowest BCUT2D eigenvalue weighted by molar-refractivity contribution is -0.0669. The molecule has 38 heavy (non-hydrogen) atoms. The van der Waals surface area contributed by atoms with Crippen LogP contribution in [-0.4, -0.2) is 76.9 Å². The lowest BCUT2D eigenvalue weighted by Crippen LogP contribution is -2.45. The number of nitrogens with zero attached hydrogens (tertiary/aromatic N) is 4. The first-order chi connectivity index (χ1) is 17.8. The molecule has 2 aliphatic heterocycles. The number of methoxy groups -OCH3 is 1. The van der Waals surface area contributed by atoms with Gasteiger partial charge in [0.2, 0.25) is 19.2 Å². The second-order valence-corrected chi connectivity index (χ2v) is 14.1. The predicted molar refractivity (Wildman–Crippen MR) is 140 cm³/mol. The number of hydrogen-bond acceptors (Lipinski definition) is 11. The number of aromatic nitrogens is 4. The molecule has 4 heterocycles. The number of nitrogen functional groups attached to an aromatic ring is 1. The highest BCUT2D eigenvalue weighted by Crippen LogP contribution is 2.82. The summed E-state index contributed by atoms with van der Waals surface area (Å²) < 4.78 is 33.9. The number of nitrogens with two attached hydrogens (primary N) is 1. The van der Waals surface area contributed by atoms with Crippen molar-refractivity contribution in [2.75, 3.05) is 12.8 Å². The molecule has 5 rings (SSSR count). The van der Waals surface area contributed by atoms with Crippen LogP contribution in [0.2, 0.25) is 0 Å². The van der Waals surface area contributed by atoms with Crippen LogP contribution in [0, 0.1) is 5.41 Å². The maximum atomic E-state index is 14.5. The summed E-state index contributed by atoms with van der Waals surface area (Å²) in [4.78, 5) is 12.5. The molecule has 0 radical (unpaired) electrons. The summed E-state index contributed by atoms with van der Waals surface area (Å²) in [6, 6.07) is 0. The van der Waals surface area contributed by atoms with Crippen LogP contribution >= 0.6 is 7.37 Å². The minimum atomic E-state index is -3.57. The molecule has 2 aromatic rings. The van der Waals surface area contributed by atoms with Gasteiger partial charge in [-0.1, -0.05) is 19.9 Å². The topological polar surface area (TPSA) is 175 Å². The van der Waals surface area contributed by atoms with Gasteiger partial charge in [-0.3, -0.25) is 9.13 Å². The first-order valence-corrected chi connectivity index (χ1v) is 14.8. The summed E-state index contributed by atoms with van der Waals surface area (Å²) in [5.74, 6) is 0.145. The molecule has 0 amide bonds. The highest BCUT2D eigenvalue weighted by Gasteiger charge is 2.72. The lowest BCUT2D eigenvalue weighted by atomic mass is 9.82. The normalized spacial score (nSPS) is 40.4. The molecule has 2 bridgehead atoms. The van der Waals surface area contributed by atoms with Crippen LogP contribution in [0.1, 0.15) is 66.0 Å². The summed E-state index contributed by atoms with van der Waals surface area (Å²) in [6.07, 6.45) is 3.10. The Bertz CT molecular complexity index is 1300. The molecular weight excluding hydrogens is 513 g/mol. The zero-order valence-electron chi connectivity index (χ0n) is 22.4. The van der Waals surface area contributed by atoms with Crippen LogP contribution in [-0.2, 0) is 13.8 Å². The number of aliphatic hydroxyl groups is 3. The van der Waals surface area contributed by atoms with Gasteiger partial charge in [0.1, 0.15) is 12.2 Å². The van der Waals surface area contributed by atoms with E-state index in [0.717, 1.165) is 12.8 Å².